The van der Waals surface area contributed by atoms with E-state index in [-0.39, 0.29) is 12.1 Å². The zero-order valence-electron chi connectivity index (χ0n) is 11.2. The zero-order valence-corrected chi connectivity index (χ0v) is 11.2. The fraction of sp³-hybridized carbons (Fsp3) is 0.600. The second-order valence-corrected chi connectivity index (χ2v) is 5.76. The molecule has 19 heavy (non-hydrogen) atoms. The number of fused-ring (bicyclic) bond motifs is 1. The van der Waals surface area contributed by atoms with E-state index < -0.39 is 6.43 Å². The van der Waals surface area contributed by atoms with Crippen LogP contribution in [0.5, 0.6) is 5.75 Å². The summed E-state index contributed by atoms with van der Waals surface area (Å²) in [6.45, 7) is 3.38. The summed E-state index contributed by atoms with van der Waals surface area (Å²) in [6, 6.07) is 6.27. The summed E-state index contributed by atoms with van der Waals surface area (Å²) in [6.07, 6.45) is 0.367. The lowest BCUT2D eigenvalue weighted by atomic mass is 9.87. The summed E-state index contributed by atoms with van der Waals surface area (Å²) in [7, 11) is 0. The van der Waals surface area contributed by atoms with E-state index in [1.807, 2.05) is 11.0 Å². The molecule has 1 spiro atoms. The van der Waals surface area contributed by atoms with Gasteiger partial charge in [0, 0.05) is 32.4 Å². The van der Waals surface area contributed by atoms with Crippen LogP contribution in [0.1, 0.15) is 24.0 Å². The Kier molecular flexibility index (Phi) is 3.21. The molecule has 2 aliphatic rings. The van der Waals surface area contributed by atoms with Gasteiger partial charge in [-0.2, -0.15) is 0 Å². The van der Waals surface area contributed by atoms with Crippen LogP contribution in [0.15, 0.2) is 18.2 Å². The third kappa shape index (κ3) is 2.59. The van der Waals surface area contributed by atoms with Crippen LogP contribution in [0, 0.1) is 6.92 Å². The molecule has 1 aromatic carbocycles. The number of likely N-dealkylation sites (tertiary alicyclic amines) is 1. The Hall–Kier alpha value is -1.16. The number of rotatable bonds is 2. The van der Waals surface area contributed by atoms with Crippen molar-refractivity contribution in [1.29, 1.82) is 0 Å². The van der Waals surface area contributed by atoms with Crippen molar-refractivity contribution in [2.45, 2.75) is 38.2 Å². The van der Waals surface area contributed by atoms with Crippen LogP contribution in [0.4, 0.5) is 8.78 Å². The van der Waals surface area contributed by atoms with Crippen molar-refractivity contribution in [2.75, 3.05) is 19.6 Å². The van der Waals surface area contributed by atoms with Gasteiger partial charge in [0.25, 0.3) is 6.43 Å². The molecule has 2 heterocycles. The molecule has 0 radical (unpaired) electrons. The maximum atomic E-state index is 12.4. The normalized spacial score (nSPS) is 21.7. The standard InChI is InChI=1S/C15H19F2NO/c1-11-2-3-13-12(8-11)9-15(19-13)4-6-18(7-5-15)10-14(16)17/h2-3,8,14H,4-7,9-10H2,1H3. The van der Waals surface area contributed by atoms with E-state index in [1.54, 1.807) is 0 Å². The molecule has 0 amide bonds. The minimum atomic E-state index is -2.24. The summed E-state index contributed by atoms with van der Waals surface area (Å²) >= 11 is 0. The molecular formula is C15H19F2NO. The Labute approximate surface area is 112 Å². The molecule has 0 N–H and O–H groups in total. The number of benzene rings is 1. The van der Waals surface area contributed by atoms with Crippen LogP contribution in [-0.2, 0) is 6.42 Å². The van der Waals surface area contributed by atoms with Crippen LogP contribution >= 0.6 is 0 Å². The highest BCUT2D eigenvalue weighted by molar-refractivity contribution is 5.42. The number of piperidine rings is 1. The minimum Gasteiger partial charge on any atom is -0.487 e. The zero-order chi connectivity index (χ0) is 13.5. The molecule has 0 unspecified atom stereocenters. The molecule has 0 saturated carbocycles. The lowest BCUT2D eigenvalue weighted by Crippen LogP contribution is -2.48. The van der Waals surface area contributed by atoms with Crippen molar-refractivity contribution in [3.05, 3.63) is 29.3 Å². The number of nitrogens with zero attached hydrogens (tertiary/aromatic N) is 1. The van der Waals surface area contributed by atoms with Gasteiger partial charge < -0.3 is 4.74 Å². The predicted octanol–water partition coefficient (Wildman–Crippen LogP) is 3.03. The third-order valence-electron chi connectivity index (χ3n) is 4.22. The molecule has 2 aliphatic heterocycles. The van der Waals surface area contributed by atoms with E-state index in [1.165, 1.54) is 11.1 Å². The summed E-state index contributed by atoms with van der Waals surface area (Å²) in [5, 5.41) is 0. The van der Waals surface area contributed by atoms with E-state index in [9.17, 15) is 8.78 Å². The molecule has 1 fully saturated rings. The molecule has 2 nitrogen and oxygen atoms in total. The van der Waals surface area contributed by atoms with Crippen LogP contribution in [0.25, 0.3) is 0 Å². The van der Waals surface area contributed by atoms with Crippen LogP contribution in [-0.4, -0.2) is 36.6 Å². The quantitative estimate of drug-likeness (QED) is 0.816. The largest absolute Gasteiger partial charge is 0.487 e. The average Bonchev–Trinajstić information content (AvgIpc) is 2.69. The Bertz CT molecular complexity index is 467. The maximum Gasteiger partial charge on any atom is 0.251 e. The smallest absolute Gasteiger partial charge is 0.251 e. The Morgan fingerprint density at radius 3 is 2.74 bits per heavy atom. The number of ether oxygens (including phenoxy) is 1. The van der Waals surface area contributed by atoms with Crippen LogP contribution in [0.2, 0.25) is 0 Å². The third-order valence-corrected chi connectivity index (χ3v) is 4.22. The fourth-order valence-electron chi connectivity index (χ4n) is 3.18. The molecule has 0 aromatic heterocycles. The molecule has 3 rings (SSSR count). The van der Waals surface area contributed by atoms with Gasteiger partial charge in [-0.25, -0.2) is 8.78 Å². The fourth-order valence-corrected chi connectivity index (χ4v) is 3.18. The second kappa shape index (κ2) is 4.75. The highest BCUT2D eigenvalue weighted by Crippen LogP contribution is 2.41. The first-order chi connectivity index (χ1) is 9.06. The molecule has 0 atom stereocenters. The molecule has 4 heteroatoms. The van der Waals surface area contributed by atoms with Crippen molar-refractivity contribution in [2.24, 2.45) is 0 Å². The monoisotopic (exact) mass is 267 g/mol. The predicted molar refractivity (Wildman–Crippen MR) is 69.9 cm³/mol. The minimum absolute atomic E-state index is 0.109. The summed E-state index contributed by atoms with van der Waals surface area (Å²) in [5.41, 5.74) is 2.37. The van der Waals surface area contributed by atoms with Gasteiger partial charge in [-0.05, 0) is 18.6 Å². The number of hydrogen-bond acceptors (Lipinski definition) is 2. The summed E-state index contributed by atoms with van der Waals surface area (Å²) in [5.74, 6) is 0.980. The van der Waals surface area contributed by atoms with Crippen molar-refractivity contribution in [3.8, 4) is 5.75 Å². The first-order valence-corrected chi connectivity index (χ1v) is 6.85. The molecule has 0 aliphatic carbocycles. The highest BCUT2D eigenvalue weighted by Gasteiger charge is 2.42. The van der Waals surface area contributed by atoms with E-state index in [0.29, 0.717) is 13.1 Å². The number of hydrogen-bond donors (Lipinski definition) is 0. The number of aryl methyl sites for hydroxylation is 1. The van der Waals surface area contributed by atoms with E-state index in [0.717, 1.165) is 25.0 Å². The van der Waals surface area contributed by atoms with E-state index in [2.05, 4.69) is 19.1 Å². The van der Waals surface area contributed by atoms with Crippen molar-refractivity contribution in [3.63, 3.8) is 0 Å². The van der Waals surface area contributed by atoms with Crippen LogP contribution in [0.3, 0.4) is 0 Å². The van der Waals surface area contributed by atoms with Gasteiger partial charge in [0.1, 0.15) is 11.4 Å². The molecular weight excluding hydrogens is 248 g/mol. The van der Waals surface area contributed by atoms with Gasteiger partial charge in [0.15, 0.2) is 0 Å². The average molecular weight is 267 g/mol. The van der Waals surface area contributed by atoms with E-state index >= 15 is 0 Å². The van der Waals surface area contributed by atoms with Crippen molar-refractivity contribution < 1.29 is 13.5 Å². The molecule has 1 aromatic rings. The topological polar surface area (TPSA) is 12.5 Å². The van der Waals surface area contributed by atoms with Crippen molar-refractivity contribution in [1.82, 2.24) is 4.90 Å². The van der Waals surface area contributed by atoms with Gasteiger partial charge in [-0.1, -0.05) is 17.7 Å². The Morgan fingerprint density at radius 1 is 1.32 bits per heavy atom. The molecule has 104 valence electrons. The number of halogens is 2. The summed E-state index contributed by atoms with van der Waals surface area (Å²) < 4.78 is 30.9. The first-order valence-electron chi connectivity index (χ1n) is 6.85. The first kappa shape index (κ1) is 12.9. The highest BCUT2D eigenvalue weighted by atomic mass is 19.3. The van der Waals surface area contributed by atoms with Crippen LogP contribution < -0.4 is 4.74 Å². The van der Waals surface area contributed by atoms with Gasteiger partial charge in [0.05, 0.1) is 6.54 Å². The lowest BCUT2D eigenvalue weighted by Gasteiger charge is -2.38. The Balaban J connectivity index is 1.66. The second-order valence-electron chi connectivity index (χ2n) is 5.76. The van der Waals surface area contributed by atoms with E-state index in [4.69, 9.17) is 4.74 Å². The SMILES string of the molecule is Cc1ccc2c(c1)CC1(CCN(CC(F)F)CC1)O2. The van der Waals surface area contributed by atoms with Gasteiger partial charge >= 0.3 is 0 Å². The van der Waals surface area contributed by atoms with Gasteiger partial charge in [-0.3, -0.25) is 4.90 Å². The molecule has 0 bridgehead atoms. The Morgan fingerprint density at radius 2 is 2.05 bits per heavy atom. The lowest BCUT2D eigenvalue weighted by molar-refractivity contribution is -0.000850. The maximum absolute atomic E-state index is 12.4. The van der Waals surface area contributed by atoms with Crippen molar-refractivity contribution >= 4 is 0 Å². The molecule has 1 saturated heterocycles. The summed E-state index contributed by atoms with van der Waals surface area (Å²) in [4.78, 5) is 1.84. The van der Waals surface area contributed by atoms with Gasteiger partial charge in [0.2, 0.25) is 0 Å². The number of alkyl halides is 2. The van der Waals surface area contributed by atoms with Gasteiger partial charge in [-0.15, -0.1) is 0 Å².